The molecule has 9 aromatic rings. The molecule has 0 aliphatic carbocycles. The molecular weight excluding hydrogens is 986 g/mol. The molecule has 0 saturated heterocycles. The molecule has 2 heterocycles. The zero-order valence-corrected chi connectivity index (χ0v) is 41.3. The van der Waals surface area contributed by atoms with E-state index in [0.717, 1.165) is 55.8 Å². The topological polar surface area (TPSA) is 50.9 Å². The Morgan fingerprint density at radius 2 is 1.27 bits per heavy atom. The van der Waals surface area contributed by atoms with Crippen LogP contribution in [0.25, 0.3) is 83.9 Å². The molecule has 7 aromatic carbocycles. The molecule has 0 amide bonds. The average Bonchev–Trinajstić information content (AvgIpc) is 3.71. The number of benzene rings is 7. The van der Waals surface area contributed by atoms with Gasteiger partial charge in [-0.1, -0.05) is 163 Å². The van der Waals surface area contributed by atoms with Crippen LogP contribution >= 0.6 is 0 Å². The zero-order chi connectivity index (χ0) is 50.1. The largest absolute Gasteiger partial charge is 0.507 e. The summed E-state index contributed by atoms with van der Waals surface area (Å²) in [6.07, 6.45) is 1.84. The van der Waals surface area contributed by atoms with E-state index in [1.165, 1.54) is 0 Å². The zero-order valence-electron chi connectivity index (χ0n) is 44.0. The van der Waals surface area contributed by atoms with Gasteiger partial charge in [0.1, 0.15) is 11.6 Å². The number of phenols is 1. The number of para-hydroxylation sites is 1. The molecule has 0 bridgehead atoms. The fraction of sp³-hybridized carbons (Fsp3) is 0.213. The van der Waals surface area contributed by atoms with Crippen LogP contribution in [0.5, 0.6) is 5.75 Å². The maximum atomic E-state index is 11.8. The number of aryl methyl sites for hydroxylation is 3. The third-order valence-corrected chi connectivity index (χ3v) is 12.4. The van der Waals surface area contributed by atoms with Crippen molar-refractivity contribution in [3.05, 3.63) is 191 Å². The summed E-state index contributed by atoms with van der Waals surface area (Å²) in [5, 5.41) is 11.8. The van der Waals surface area contributed by atoms with Gasteiger partial charge in [0.2, 0.25) is 0 Å². The van der Waals surface area contributed by atoms with Crippen LogP contribution in [0.4, 0.5) is 0 Å². The van der Waals surface area contributed by atoms with E-state index in [2.05, 4.69) is 81.4 Å². The van der Waals surface area contributed by atoms with Crippen molar-refractivity contribution in [2.75, 3.05) is 0 Å². The molecule has 0 atom stereocenters. The minimum Gasteiger partial charge on any atom is -0.507 e. The van der Waals surface area contributed by atoms with Gasteiger partial charge in [-0.2, -0.15) is 0 Å². The van der Waals surface area contributed by atoms with Crippen LogP contribution < -0.4 is 0 Å². The standard InChI is InChI=1S/C61H58N3O.Pt/c1-37(2)50-18-14-19-51(38(3)4)57(50)46-26-27-55(40(6)32-46)64-56-21-15-20-52(58(56)63-60(64)53-31-39(5)30-41(7)59(53)65)47-33-48(35-49(34-47)61(8,9)10)54-36-45(28-29-62-54)44-24-22-43(23-25-44)42-16-12-11-13-17-42;/h11-32,34-38,65H,1-10H3;/q-1;/i6D3,37D,38D;. The summed E-state index contributed by atoms with van der Waals surface area (Å²) < 4.78 is 47.3. The Kier molecular flexibility index (Phi) is 11.2. The summed E-state index contributed by atoms with van der Waals surface area (Å²) in [7, 11) is 0. The van der Waals surface area contributed by atoms with Gasteiger partial charge in [0, 0.05) is 39.8 Å². The maximum absolute atomic E-state index is 11.8. The van der Waals surface area contributed by atoms with Crippen LogP contribution in [0.1, 0.15) is 100 Å². The molecule has 0 unspecified atom stereocenters. The summed E-state index contributed by atoms with van der Waals surface area (Å²) >= 11 is 0. The molecule has 0 aliphatic heterocycles. The van der Waals surface area contributed by atoms with Crippen LogP contribution in [-0.2, 0) is 26.5 Å². The first-order chi connectivity index (χ1) is 33.0. The van der Waals surface area contributed by atoms with Crippen LogP contribution in [0, 0.1) is 26.8 Å². The van der Waals surface area contributed by atoms with E-state index in [1.54, 1.807) is 39.8 Å². The molecule has 2 aromatic heterocycles. The number of phenolic OH excluding ortho intramolecular Hbond substituents is 1. The number of aromatic hydroxyl groups is 1. The van der Waals surface area contributed by atoms with Gasteiger partial charge < -0.3 is 5.11 Å². The molecule has 1 N–H and O–H groups in total. The monoisotopic (exact) mass is 1050 g/mol. The first kappa shape index (κ1) is 40.0. The summed E-state index contributed by atoms with van der Waals surface area (Å²) in [5.74, 6) is -1.66. The summed E-state index contributed by atoms with van der Waals surface area (Å²) in [4.78, 5) is 10.3. The fourth-order valence-electron chi connectivity index (χ4n) is 8.98. The first-order valence-corrected chi connectivity index (χ1v) is 22.3. The Morgan fingerprint density at radius 3 is 1.94 bits per heavy atom. The van der Waals surface area contributed by atoms with Gasteiger partial charge >= 0.3 is 0 Å². The second-order valence-corrected chi connectivity index (χ2v) is 18.7. The Labute approximate surface area is 412 Å². The molecule has 66 heavy (non-hydrogen) atoms. The molecule has 9 rings (SSSR count). The summed E-state index contributed by atoms with van der Waals surface area (Å²) in [6.45, 7) is 15.0. The first-order valence-electron chi connectivity index (χ1n) is 24.8. The Bertz CT molecular complexity index is 3420. The number of nitrogens with zero attached hydrogens (tertiary/aromatic N) is 3. The van der Waals surface area contributed by atoms with Crippen molar-refractivity contribution in [1.29, 1.82) is 0 Å². The van der Waals surface area contributed by atoms with Crippen LogP contribution in [-0.4, -0.2) is 19.6 Å². The van der Waals surface area contributed by atoms with Gasteiger partial charge in [-0.25, -0.2) is 4.98 Å². The van der Waals surface area contributed by atoms with Crippen molar-refractivity contribution in [3.63, 3.8) is 0 Å². The van der Waals surface area contributed by atoms with Gasteiger partial charge in [0.05, 0.1) is 22.3 Å². The molecule has 0 spiro atoms. The number of rotatable bonds is 9. The average molecular weight is 1050 g/mol. The maximum Gasteiger partial charge on any atom is 0.148 e. The number of imidazole rings is 1. The van der Waals surface area contributed by atoms with Crippen LogP contribution in [0.2, 0.25) is 0 Å². The number of pyridine rings is 1. The third kappa shape index (κ3) is 8.84. The molecule has 0 aliphatic rings. The molecular formula is C61H58N3OPt-. The smallest absolute Gasteiger partial charge is 0.148 e. The van der Waals surface area contributed by atoms with Gasteiger partial charge in [0.25, 0.3) is 0 Å². The van der Waals surface area contributed by atoms with E-state index < -0.39 is 18.6 Å². The predicted molar refractivity (Wildman–Crippen MR) is 273 cm³/mol. The van der Waals surface area contributed by atoms with Crippen molar-refractivity contribution in [2.45, 2.75) is 86.4 Å². The van der Waals surface area contributed by atoms with E-state index >= 15 is 0 Å². The second kappa shape index (κ2) is 18.5. The van der Waals surface area contributed by atoms with Crippen molar-refractivity contribution in [1.82, 2.24) is 14.5 Å². The van der Waals surface area contributed by atoms with Crippen molar-refractivity contribution < 1.29 is 33.0 Å². The van der Waals surface area contributed by atoms with Crippen molar-refractivity contribution >= 4 is 11.0 Å². The van der Waals surface area contributed by atoms with Gasteiger partial charge in [-0.3, -0.25) is 9.55 Å². The van der Waals surface area contributed by atoms with Crippen LogP contribution in [0.15, 0.2) is 152 Å². The Balaban J connectivity index is 0.00000676. The number of fused-ring (bicyclic) bond motifs is 1. The van der Waals surface area contributed by atoms with E-state index in [4.69, 9.17) is 16.8 Å². The number of hydrogen-bond acceptors (Lipinski definition) is 3. The van der Waals surface area contributed by atoms with Gasteiger partial charge in [-0.15, -0.1) is 29.3 Å². The molecule has 5 heteroatoms. The molecule has 4 nitrogen and oxygen atoms in total. The Morgan fingerprint density at radius 1 is 0.636 bits per heavy atom. The van der Waals surface area contributed by atoms with Gasteiger partial charge in [0.15, 0.2) is 0 Å². The Hall–Kier alpha value is -6.35. The van der Waals surface area contributed by atoms with E-state index in [9.17, 15) is 5.11 Å². The summed E-state index contributed by atoms with van der Waals surface area (Å²) in [5.41, 5.74) is 14.8. The van der Waals surface area contributed by atoms with Crippen molar-refractivity contribution in [2.24, 2.45) is 0 Å². The molecule has 0 radical (unpaired) electrons. The number of hydrogen-bond donors (Lipinski definition) is 1. The normalized spacial score (nSPS) is 13.3. The van der Waals surface area contributed by atoms with E-state index in [-0.39, 0.29) is 37.8 Å². The minimum atomic E-state index is -2.61. The molecule has 0 fully saturated rings. The van der Waals surface area contributed by atoms with E-state index in [0.29, 0.717) is 55.9 Å². The van der Waals surface area contributed by atoms with E-state index in [1.807, 2.05) is 103 Å². The van der Waals surface area contributed by atoms with Crippen molar-refractivity contribution in [3.8, 4) is 78.6 Å². The van der Waals surface area contributed by atoms with Gasteiger partial charge in [-0.05, 0) is 129 Å². The predicted octanol–water partition coefficient (Wildman–Crippen LogP) is 16.4. The van der Waals surface area contributed by atoms with Crippen LogP contribution in [0.3, 0.4) is 0 Å². The third-order valence-electron chi connectivity index (χ3n) is 12.4. The quantitative estimate of drug-likeness (QED) is 0.147. The number of aromatic nitrogens is 3. The fourth-order valence-corrected chi connectivity index (χ4v) is 8.98. The molecule has 334 valence electrons. The summed E-state index contributed by atoms with van der Waals surface area (Å²) in [6, 6.07) is 51.8. The second-order valence-electron chi connectivity index (χ2n) is 18.7. The SMILES string of the molecule is [2H]C([2H])([2H])c1cc(-c2c(C([2H])(C)C)cccc2C([2H])(C)C)ccc1-n1c(-c2cc(C)cc(C)c2O)nc2c(-c3[c-]c(-c4cc(-c5ccc(-c6ccccc6)cc5)ccn4)cc(C(C)(C)C)c3)cccc21.[Pt]. The minimum absolute atomic E-state index is 0. The molecule has 0 saturated carbocycles.